The van der Waals surface area contributed by atoms with Crippen LogP contribution in [0.25, 0.3) is 0 Å². The summed E-state index contributed by atoms with van der Waals surface area (Å²) >= 11 is 5.20. The number of halogens is 1. The molecule has 17 heavy (non-hydrogen) atoms. The van der Waals surface area contributed by atoms with Crippen molar-refractivity contribution in [3.8, 4) is 0 Å². The van der Waals surface area contributed by atoms with Gasteiger partial charge in [-0.2, -0.15) is 0 Å². The number of carbonyl (C=O) groups excluding carboxylic acids is 1. The minimum Gasteiger partial charge on any atom is -0.324 e. The van der Waals surface area contributed by atoms with E-state index in [1.807, 2.05) is 18.4 Å². The van der Waals surface area contributed by atoms with E-state index in [9.17, 15) is 4.79 Å². The Balaban J connectivity index is 2.33. The molecule has 1 amide bonds. The van der Waals surface area contributed by atoms with Crippen LogP contribution >= 0.6 is 27.7 Å². The molecule has 1 aliphatic rings. The standard InChI is InChI=1S/C12H15BrN2OS/c1-3-4-14-11-7-5-8(13)10(17-2)6-9(7)15-12(11)16/h5-6,11,14H,3-4H2,1-2H3,(H,15,16). The number of carbonyl (C=O) groups is 1. The van der Waals surface area contributed by atoms with E-state index in [0.717, 1.165) is 33.6 Å². The molecule has 1 aromatic carbocycles. The maximum atomic E-state index is 11.9. The van der Waals surface area contributed by atoms with Crippen molar-refractivity contribution in [3.63, 3.8) is 0 Å². The number of nitrogens with one attached hydrogen (secondary N) is 2. The average Bonchev–Trinajstić information content (AvgIpc) is 2.61. The van der Waals surface area contributed by atoms with E-state index in [4.69, 9.17) is 0 Å². The molecule has 3 nitrogen and oxygen atoms in total. The van der Waals surface area contributed by atoms with Gasteiger partial charge in [0.1, 0.15) is 6.04 Å². The number of benzene rings is 1. The summed E-state index contributed by atoms with van der Waals surface area (Å²) in [4.78, 5) is 13.0. The van der Waals surface area contributed by atoms with Gasteiger partial charge in [0.05, 0.1) is 0 Å². The maximum absolute atomic E-state index is 11.9. The molecule has 0 aliphatic carbocycles. The van der Waals surface area contributed by atoms with Crippen LogP contribution < -0.4 is 10.6 Å². The van der Waals surface area contributed by atoms with Crippen molar-refractivity contribution in [2.24, 2.45) is 0 Å². The molecule has 5 heteroatoms. The molecule has 0 fully saturated rings. The summed E-state index contributed by atoms with van der Waals surface area (Å²) in [5.41, 5.74) is 1.96. The third-order valence-corrected chi connectivity index (χ3v) is 4.45. The number of rotatable bonds is 4. The van der Waals surface area contributed by atoms with Crippen molar-refractivity contribution >= 4 is 39.3 Å². The molecule has 1 aliphatic heterocycles. The van der Waals surface area contributed by atoms with E-state index in [2.05, 4.69) is 33.5 Å². The molecule has 1 unspecified atom stereocenters. The number of anilines is 1. The molecular weight excluding hydrogens is 300 g/mol. The Morgan fingerprint density at radius 3 is 2.94 bits per heavy atom. The highest BCUT2D eigenvalue weighted by molar-refractivity contribution is 9.10. The third kappa shape index (κ3) is 2.51. The van der Waals surface area contributed by atoms with Crippen molar-refractivity contribution in [1.29, 1.82) is 0 Å². The van der Waals surface area contributed by atoms with Gasteiger partial charge in [0, 0.05) is 20.6 Å². The zero-order chi connectivity index (χ0) is 12.4. The lowest BCUT2D eigenvalue weighted by Crippen LogP contribution is -2.27. The highest BCUT2D eigenvalue weighted by Crippen LogP contribution is 2.38. The van der Waals surface area contributed by atoms with E-state index in [0.29, 0.717) is 0 Å². The van der Waals surface area contributed by atoms with E-state index < -0.39 is 0 Å². The SMILES string of the molecule is CCCNC1C(=O)Nc2cc(SC)c(Br)cc21. The van der Waals surface area contributed by atoms with Crippen LogP contribution in [0, 0.1) is 0 Å². The first-order valence-corrected chi connectivity index (χ1v) is 7.60. The molecule has 2 N–H and O–H groups in total. The van der Waals surface area contributed by atoms with Crippen LogP contribution in [-0.4, -0.2) is 18.7 Å². The number of fused-ring (bicyclic) bond motifs is 1. The molecule has 0 saturated carbocycles. The second-order valence-electron chi connectivity index (χ2n) is 3.95. The summed E-state index contributed by atoms with van der Waals surface area (Å²) in [5, 5.41) is 6.18. The summed E-state index contributed by atoms with van der Waals surface area (Å²) in [5.74, 6) is 0.0404. The Bertz CT molecular complexity index is 450. The zero-order valence-electron chi connectivity index (χ0n) is 9.84. The van der Waals surface area contributed by atoms with Gasteiger partial charge in [-0.15, -0.1) is 11.8 Å². The number of hydrogen-bond acceptors (Lipinski definition) is 3. The first-order valence-electron chi connectivity index (χ1n) is 5.59. The second-order valence-corrected chi connectivity index (χ2v) is 5.65. The molecule has 1 atom stereocenters. The monoisotopic (exact) mass is 314 g/mol. The predicted octanol–water partition coefficient (Wildman–Crippen LogP) is 3.16. The largest absolute Gasteiger partial charge is 0.324 e. The first kappa shape index (κ1) is 12.9. The minimum atomic E-state index is -0.211. The molecule has 0 bridgehead atoms. The van der Waals surface area contributed by atoms with Gasteiger partial charge in [-0.1, -0.05) is 6.92 Å². The van der Waals surface area contributed by atoms with E-state index >= 15 is 0 Å². The molecule has 92 valence electrons. The number of hydrogen-bond donors (Lipinski definition) is 2. The summed E-state index contributed by atoms with van der Waals surface area (Å²) in [7, 11) is 0. The summed E-state index contributed by atoms with van der Waals surface area (Å²) in [6.45, 7) is 2.94. The van der Waals surface area contributed by atoms with Crippen LogP contribution in [0.15, 0.2) is 21.5 Å². The van der Waals surface area contributed by atoms with Gasteiger partial charge in [-0.05, 0) is 47.3 Å². The molecule has 0 radical (unpaired) electrons. The number of amides is 1. The van der Waals surface area contributed by atoms with Crippen LogP contribution in [0.4, 0.5) is 5.69 Å². The van der Waals surface area contributed by atoms with Crippen LogP contribution in [0.2, 0.25) is 0 Å². The van der Waals surface area contributed by atoms with Crippen molar-refractivity contribution < 1.29 is 4.79 Å². The molecule has 0 spiro atoms. The van der Waals surface area contributed by atoms with Crippen LogP contribution in [0.5, 0.6) is 0 Å². The van der Waals surface area contributed by atoms with E-state index in [1.54, 1.807) is 11.8 Å². The fraction of sp³-hybridized carbons (Fsp3) is 0.417. The van der Waals surface area contributed by atoms with Gasteiger partial charge in [0.25, 0.3) is 0 Å². The van der Waals surface area contributed by atoms with Gasteiger partial charge in [0.2, 0.25) is 5.91 Å². The van der Waals surface area contributed by atoms with Crippen LogP contribution in [0.3, 0.4) is 0 Å². The lowest BCUT2D eigenvalue weighted by atomic mass is 10.1. The second kappa shape index (κ2) is 5.42. The Morgan fingerprint density at radius 2 is 2.29 bits per heavy atom. The van der Waals surface area contributed by atoms with Crippen molar-refractivity contribution in [2.45, 2.75) is 24.3 Å². The third-order valence-electron chi connectivity index (χ3n) is 2.75. The highest BCUT2D eigenvalue weighted by Gasteiger charge is 2.30. The summed E-state index contributed by atoms with van der Waals surface area (Å²) in [6.07, 6.45) is 3.04. The number of thioether (sulfide) groups is 1. The molecular formula is C12H15BrN2OS. The molecule has 0 saturated heterocycles. The smallest absolute Gasteiger partial charge is 0.246 e. The van der Waals surface area contributed by atoms with Gasteiger partial charge in [0.15, 0.2) is 0 Å². The molecule has 0 aromatic heterocycles. The molecule has 1 heterocycles. The summed E-state index contributed by atoms with van der Waals surface area (Å²) < 4.78 is 1.04. The Morgan fingerprint density at radius 1 is 1.53 bits per heavy atom. The van der Waals surface area contributed by atoms with E-state index in [-0.39, 0.29) is 11.9 Å². The predicted molar refractivity (Wildman–Crippen MR) is 75.6 cm³/mol. The zero-order valence-corrected chi connectivity index (χ0v) is 12.2. The first-order chi connectivity index (χ1) is 8.17. The van der Waals surface area contributed by atoms with Crippen molar-refractivity contribution in [3.05, 3.63) is 22.2 Å². The maximum Gasteiger partial charge on any atom is 0.246 e. The van der Waals surface area contributed by atoms with Crippen LogP contribution in [-0.2, 0) is 4.79 Å². The van der Waals surface area contributed by atoms with Gasteiger partial charge in [-0.25, -0.2) is 0 Å². The Hall–Kier alpha value is -0.520. The van der Waals surface area contributed by atoms with Gasteiger partial charge < -0.3 is 10.6 Å². The normalized spacial score (nSPS) is 18.1. The topological polar surface area (TPSA) is 41.1 Å². The lowest BCUT2D eigenvalue weighted by molar-refractivity contribution is -0.117. The Kier molecular flexibility index (Phi) is 4.12. The van der Waals surface area contributed by atoms with Crippen molar-refractivity contribution in [2.75, 3.05) is 18.1 Å². The Labute approximate surface area is 114 Å². The summed E-state index contributed by atoms with van der Waals surface area (Å²) in [6, 6.07) is 3.85. The van der Waals surface area contributed by atoms with Crippen molar-refractivity contribution in [1.82, 2.24) is 5.32 Å². The fourth-order valence-corrected chi connectivity index (χ4v) is 3.25. The van der Waals surface area contributed by atoms with Gasteiger partial charge >= 0.3 is 0 Å². The van der Waals surface area contributed by atoms with Gasteiger partial charge in [-0.3, -0.25) is 4.79 Å². The molecule has 1 aromatic rings. The van der Waals surface area contributed by atoms with E-state index in [1.165, 1.54) is 0 Å². The quantitative estimate of drug-likeness (QED) is 0.839. The van der Waals surface area contributed by atoms with Crippen LogP contribution in [0.1, 0.15) is 24.9 Å². The average molecular weight is 315 g/mol. The highest BCUT2D eigenvalue weighted by atomic mass is 79.9. The fourth-order valence-electron chi connectivity index (χ4n) is 1.91. The lowest BCUT2D eigenvalue weighted by Gasteiger charge is -2.11. The minimum absolute atomic E-state index is 0.0404. The molecule has 2 rings (SSSR count).